The number of morpholine rings is 1. The van der Waals surface area contributed by atoms with Crippen molar-refractivity contribution in [3.63, 3.8) is 0 Å². The molecule has 2 aliphatic rings. The van der Waals surface area contributed by atoms with Crippen molar-refractivity contribution in [2.75, 3.05) is 19.8 Å². The van der Waals surface area contributed by atoms with Crippen LogP contribution in [0.5, 0.6) is 0 Å². The van der Waals surface area contributed by atoms with Crippen LogP contribution in [0.1, 0.15) is 12.0 Å². The second-order valence-corrected chi connectivity index (χ2v) is 5.60. The molecule has 0 aliphatic carbocycles. The highest BCUT2D eigenvalue weighted by Gasteiger charge is 2.46. The van der Waals surface area contributed by atoms with Crippen LogP contribution in [0.2, 0.25) is 0 Å². The van der Waals surface area contributed by atoms with Gasteiger partial charge in [0, 0.05) is 6.61 Å². The number of benzene rings is 1. The summed E-state index contributed by atoms with van der Waals surface area (Å²) in [7, 11) is 0. The summed E-state index contributed by atoms with van der Waals surface area (Å²) in [5, 5.41) is 9.37. The predicted molar refractivity (Wildman–Crippen MR) is 78.9 cm³/mol. The van der Waals surface area contributed by atoms with E-state index in [0.717, 1.165) is 5.56 Å². The van der Waals surface area contributed by atoms with E-state index in [2.05, 4.69) is 0 Å². The zero-order valence-corrected chi connectivity index (χ0v) is 12.6. The molecule has 3 atom stereocenters. The molecule has 0 spiro atoms. The number of carbonyl (C=O) groups excluding carboxylic acids is 1. The van der Waals surface area contributed by atoms with Gasteiger partial charge in [0.2, 0.25) is 0 Å². The Morgan fingerprint density at radius 3 is 2.78 bits per heavy atom. The minimum atomic E-state index is -1.09. The molecule has 1 aromatic carbocycles. The fraction of sp³-hybridized carbons (Fsp3) is 0.500. The molecule has 0 radical (unpaired) electrons. The monoisotopic (exact) mass is 321 g/mol. The van der Waals surface area contributed by atoms with E-state index in [1.54, 1.807) is 0 Å². The minimum Gasteiger partial charge on any atom is -0.480 e. The molecule has 0 aromatic heterocycles. The van der Waals surface area contributed by atoms with Gasteiger partial charge in [0.15, 0.2) is 6.04 Å². The van der Waals surface area contributed by atoms with Gasteiger partial charge in [-0.25, -0.2) is 9.59 Å². The van der Waals surface area contributed by atoms with Crippen LogP contribution >= 0.6 is 0 Å². The van der Waals surface area contributed by atoms with Crippen LogP contribution in [0.15, 0.2) is 30.3 Å². The highest BCUT2D eigenvalue weighted by atomic mass is 16.6. The molecule has 2 fully saturated rings. The van der Waals surface area contributed by atoms with Crippen molar-refractivity contribution in [1.29, 1.82) is 0 Å². The zero-order chi connectivity index (χ0) is 16.2. The minimum absolute atomic E-state index is 0.0553. The van der Waals surface area contributed by atoms with Crippen molar-refractivity contribution in [3.05, 3.63) is 35.9 Å². The highest BCUT2D eigenvalue weighted by molar-refractivity contribution is 5.80. The van der Waals surface area contributed by atoms with Crippen molar-refractivity contribution in [1.82, 2.24) is 4.90 Å². The number of ether oxygens (including phenoxy) is 3. The molecule has 1 amide bonds. The van der Waals surface area contributed by atoms with Crippen molar-refractivity contribution in [2.45, 2.75) is 31.2 Å². The predicted octanol–water partition coefficient (Wildman–Crippen LogP) is 1.27. The lowest BCUT2D eigenvalue weighted by Gasteiger charge is -2.45. The molecule has 2 heterocycles. The van der Waals surface area contributed by atoms with E-state index < -0.39 is 18.1 Å². The van der Waals surface area contributed by atoms with Gasteiger partial charge in [-0.2, -0.15) is 0 Å². The maximum absolute atomic E-state index is 12.5. The quantitative estimate of drug-likeness (QED) is 0.902. The third-order valence-corrected chi connectivity index (χ3v) is 4.13. The molecule has 1 N–H and O–H groups in total. The lowest BCUT2D eigenvalue weighted by molar-refractivity contribution is -0.172. The molecular weight excluding hydrogens is 302 g/mol. The lowest BCUT2D eigenvalue weighted by Crippen LogP contribution is -2.63. The first-order valence-electron chi connectivity index (χ1n) is 7.58. The second-order valence-electron chi connectivity index (χ2n) is 5.60. The molecule has 1 aromatic rings. The summed E-state index contributed by atoms with van der Waals surface area (Å²) in [6, 6.07) is 7.91. The molecule has 2 aliphatic heterocycles. The number of rotatable bonds is 3. The summed E-state index contributed by atoms with van der Waals surface area (Å²) in [5.41, 5.74) is 0.851. The average molecular weight is 321 g/mol. The first kappa shape index (κ1) is 15.8. The molecule has 3 rings (SSSR count). The van der Waals surface area contributed by atoms with E-state index >= 15 is 0 Å². The second kappa shape index (κ2) is 6.97. The average Bonchev–Trinajstić information content (AvgIpc) is 2.59. The van der Waals surface area contributed by atoms with Gasteiger partial charge in [0.25, 0.3) is 0 Å². The van der Waals surface area contributed by atoms with E-state index in [1.165, 1.54) is 4.90 Å². The lowest BCUT2D eigenvalue weighted by atomic mass is 10.00. The van der Waals surface area contributed by atoms with Crippen LogP contribution in [0, 0.1) is 0 Å². The first-order chi connectivity index (χ1) is 11.2. The van der Waals surface area contributed by atoms with Gasteiger partial charge < -0.3 is 19.3 Å². The van der Waals surface area contributed by atoms with Gasteiger partial charge in [-0.15, -0.1) is 0 Å². The molecule has 23 heavy (non-hydrogen) atoms. The molecule has 7 heteroatoms. The van der Waals surface area contributed by atoms with Crippen molar-refractivity contribution >= 4 is 12.1 Å². The molecular formula is C16H19NO6. The van der Waals surface area contributed by atoms with Crippen LogP contribution < -0.4 is 0 Å². The van der Waals surface area contributed by atoms with Gasteiger partial charge in [-0.3, -0.25) is 4.90 Å². The number of hydrogen-bond acceptors (Lipinski definition) is 5. The van der Waals surface area contributed by atoms with Crippen LogP contribution in [0.4, 0.5) is 4.79 Å². The van der Waals surface area contributed by atoms with Gasteiger partial charge in [-0.1, -0.05) is 30.3 Å². The van der Waals surface area contributed by atoms with E-state index in [4.69, 9.17) is 14.2 Å². The van der Waals surface area contributed by atoms with Crippen LogP contribution in [0.25, 0.3) is 0 Å². The zero-order valence-electron chi connectivity index (χ0n) is 12.6. The number of carboxylic acid groups (broad SMARTS) is 1. The summed E-state index contributed by atoms with van der Waals surface area (Å²) in [6.45, 7) is 0.885. The number of aliphatic carboxylic acids is 1. The molecule has 7 nitrogen and oxygen atoms in total. The number of fused-ring (bicyclic) bond motifs is 1. The van der Waals surface area contributed by atoms with Crippen molar-refractivity contribution in [3.8, 4) is 0 Å². The van der Waals surface area contributed by atoms with Crippen LogP contribution in [-0.2, 0) is 25.6 Å². The summed E-state index contributed by atoms with van der Waals surface area (Å²) >= 11 is 0. The fourth-order valence-corrected chi connectivity index (χ4v) is 2.95. The molecule has 1 unspecified atom stereocenters. The molecule has 0 bridgehead atoms. The number of amides is 1. The van der Waals surface area contributed by atoms with Gasteiger partial charge in [0.1, 0.15) is 12.7 Å². The molecule has 2 saturated heterocycles. The summed E-state index contributed by atoms with van der Waals surface area (Å²) in [4.78, 5) is 25.2. The number of hydrogen-bond donors (Lipinski definition) is 1. The maximum Gasteiger partial charge on any atom is 0.411 e. The van der Waals surface area contributed by atoms with Gasteiger partial charge >= 0.3 is 12.1 Å². The topological polar surface area (TPSA) is 85.3 Å². The number of carboxylic acids is 1. The first-order valence-corrected chi connectivity index (χ1v) is 7.58. The SMILES string of the molecule is O=C(O)C1CO[C@@H]2COCC[C@@H]2N1C(=O)OCc1ccccc1. The van der Waals surface area contributed by atoms with Crippen molar-refractivity contribution in [2.24, 2.45) is 0 Å². The van der Waals surface area contributed by atoms with Crippen LogP contribution in [-0.4, -0.2) is 60.1 Å². The summed E-state index contributed by atoms with van der Waals surface area (Å²) in [6.07, 6.45) is -0.389. The Morgan fingerprint density at radius 1 is 1.26 bits per heavy atom. The third kappa shape index (κ3) is 3.46. The standard InChI is InChI=1S/C16H19NO6/c18-15(19)13-9-22-14-10-21-7-6-12(14)17(13)16(20)23-8-11-4-2-1-3-5-11/h1-5,12-14H,6-10H2,(H,18,19)/t12-,13?,14+/m0/s1. The molecule has 124 valence electrons. The maximum atomic E-state index is 12.5. The fourth-order valence-electron chi connectivity index (χ4n) is 2.95. The molecule has 0 saturated carbocycles. The normalized spacial score (nSPS) is 27.1. The van der Waals surface area contributed by atoms with E-state index in [0.29, 0.717) is 19.6 Å². The largest absolute Gasteiger partial charge is 0.480 e. The van der Waals surface area contributed by atoms with Gasteiger partial charge in [-0.05, 0) is 12.0 Å². The number of carbonyl (C=O) groups is 2. The van der Waals surface area contributed by atoms with Crippen molar-refractivity contribution < 1.29 is 28.9 Å². The summed E-state index contributed by atoms with van der Waals surface area (Å²) < 4.78 is 16.2. The van der Waals surface area contributed by atoms with E-state index in [-0.39, 0.29) is 25.4 Å². The Hall–Kier alpha value is -2.12. The Kier molecular flexibility index (Phi) is 4.78. The Bertz CT molecular complexity index is 563. The van der Waals surface area contributed by atoms with Crippen LogP contribution in [0.3, 0.4) is 0 Å². The van der Waals surface area contributed by atoms with Gasteiger partial charge in [0.05, 0.1) is 19.3 Å². The number of nitrogens with zero attached hydrogens (tertiary/aromatic N) is 1. The van der Waals surface area contributed by atoms with E-state index in [1.807, 2.05) is 30.3 Å². The summed E-state index contributed by atoms with van der Waals surface area (Å²) in [5.74, 6) is -1.09. The smallest absolute Gasteiger partial charge is 0.411 e. The Balaban J connectivity index is 1.72. The third-order valence-electron chi connectivity index (χ3n) is 4.13. The highest BCUT2D eigenvalue weighted by Crippen LogP contribution is 2.26. The Morgan fingerprint density at radius 2 is 2.04 bits per heavy atom. The Labute approximate surface area is 133 Å². The van der Waals surface area contributed by atoms with E-state index in [9.17, 15) is 14.7 Å².